The lowest BCUT2D eigenvalue weighted by Crippen LogP contribution is -2.39. The Labute approximate surface area is 129 Å². The van der Waals surface area contributed by atoms with E-state index in [9.17, 15) is 4.79 Å². The minimum absolute atomic E-state index is 0.0107. The number of nitrogens with two attached hydrogens (primary N) is 1. The molecule has 108 valence electrons. The van der Waals surface area contributed by atoms with Crippen LogP contribution in [0.5, 0.6) is 0 Å². The lowest BCUT2D eigenvalue weighted by atomic mass is 9.97. The van der Waals surface area contributed by atoms with E-state index in [1.165, 1.54) is 0 Å². The first-order valence-electron chi connectivity index (χ1n) is 6.73. The first kappa shape index (κ1) is 15.4. The van der Waals surface area contributed by atoms with Gasteiger partial charge in [0.25, 0.3) is 0 Å². The van der Waals surface area contributed by atoms with Crippen molar-refractivity contribution in [1.82, 2.24) is 4.90 Å². The van der Waals surface area contributed by atoms with Crippen molar-refractivity contribution in [2.24, 2.45) is 11.7 Å². The third-order valence-electron chi connectivity index (χ3n) is 3.65. The Balaban J connectivity index is 1.98. The molecule has 0 aromatic heterocycles. The minimum Gasteiger partial charge on any atom is -0.339 e. The van der Waals surface area contributed by atoms with Crippen LogP contribution in [0.25, 0.3) is 6.08 Å². The number of likely N-dealkylation sites (tertiary alicyclic amines) is 1. The molecule has 1 saturated heterocycles. The Morgan fingerprint density at radius 1 is 1.35 bits per heavy atom. The van der Waals surface area contributed by atoms with E-state index >= 15 is 0 Å². The average molecular weight is 313 g/mol. The Morgan fingerprint density at radius 3 is 2.70 bits per heavy atom. The number of amides is 1. The van der Waals surface area contributed by atoms with E-state index < -0.39 is 0 Å². The number of hydrogen-bond donors (Lipinski definition) is 1. The second kappa shape index (κ2) is 7.11. The highest BCUT2D eigenvalue weighted by molar-refractivity contribution is 6.42. The Bertz CT molecular complexity index is 509. The van der Waals surface area contributed by atoms with Crippen LogP contribution < -0.4 is 5.73 Å². The molecule has 0 atom stereocenters. The highest BCUT2D eigenvalue weighted by Gasteiger charge is 2.20. The van der Waals surface area contributed by atoms with Gasteiger partial charge in [0.1, 0.15) is 0 Å². The number of piperidine rings is 1. The molecule has 1 aliphatic rings. The number of nitrogens with zero attached hydrogens (tertiary/aromatic N) is 1. The molecule has 1 fully saturated rings. The van der Waals surface area contributed by atoms with Gasteiger partial charge in [-0.15, -0.1) is 0 Å². The molecule has 1 aliphatic heterocycles. The summed E-state index contributed by atoms with van der Waals surface area (Å²) in [6.07, 6.45) is 5.23. The first-order valence-corrected chi connectivity index (χ1v) is 7.48. The van der Waals surface area contributed by atoms with E-state index in [2.05, 4.69) is 0 Å². The van der Waals surface area contributed by atoms with Gasteiger partial charge >= 0.3 is 0 Å². The van der Waals surface area contributed by atoms with Gasteiger partial charge in [-0.3, -0.25) is 4.79 Å². The molecule has 0 spiro atoms. The SMILES string of the molecule is NCC1CCN(C(=O)/C=C/c2cccc(Cl)c2Cl)CC1. The Kier molecular flexibility index (Phi) is 5.46. The predicted molar refractivity (Wildman–Crippen MR) is 83.9 cm³/mol. The second-order valence-corrected chi connectivity index (χ2v) is 5.77. The molecule has 0 unspecified atom stereocenters. The highest BCUT2D eigenvalue weighted by Crippen LogP contribution is 2.26. The van der Waals surface area contributed by atoms with Gasteiger partial charge in [-0.05, 0) is 43.0 Å². The predicted octanol–water partition coefficient (Wildman–Crippen LogP) is 3.20. The third kappa shape index (κ3) is 3.75. The van der Waals surface area contributed by atoms with Crippen LogP contribution in [-0.4, -0.2) is 30.4 Å². The van der Waals surface area contributed by atoms with Crippen molar-refractivity contribution in [3.05, 3.63) is 39.9 Å². The van der Waals surface area contributed by atoms with Crippen molar-refractivity contribution in [2.75, 3.05) is 19.6 Å². The summed E-state index contributed by atoms with van der Waals surface area (Å²) in [7, 11) is 0. The lowest BCUT2D eigenvalue weighted by Gasteiger charge is -2.30. The number of rotatable bonds is 3. The molecule has 5 heteroatoms. The molecule has 1 heterocycles. The minimum atomic E-state index is 0.0107. The van der Waals surface area contributed by atoms with Gasteiger partial charge in [0.15, 0.2) is 0 Å². The van der Waals surface area contributed by atoms with Gasteiger partial charge in [0, 0.05) is 19.2 Å². The summed E-state index contributed by atoms with van der Waals surface area (Å²) in [5.74, 6) is 0.557. The third-order valence-corrected chi connectivity index (χ3v) is 4.48. The van der Waals surface area contributed by atoms with E-state index in [1.54, 1.807) is 18.2 Å². The summed E-state index contributed by atoms with van der Waals surface area (Å²) in [5, 5.41) is 0.963. The quantitative estimate of drug-likeness (QED) is 0.871. The molecule has 0 saturated carbocycles. The van der Waals surface area contributed by atoms with Crippen LogP contribution in [-0.2, 0) is 4.79 Å². The Hall–Kier alpha value is -1.03. The molecule has 0 bridgehead atoms. The number of carbonyl (C=O) groups is 1. The lowest BCUT2D eigenvalue weighted by molar-refractivity contribution is -0.127. The number of carbonyl (C=O) groups excluding carboxylic acids is 1. The van der Waals surface area contributed by atoms with Gasteiger partial charge in [-0.2, -0.15) is 0 Å². The summed E-state index contributed by atoms with van der Waals surface area (Å²) in [4.78, 5) is 13.9. The van der Waals surface area contributed by atoms with Crippen molar-refractivity contribution >= 4 is 35.2 Å². The molecule has 0 aliphatic carbocycles. The molecule has 2 rings (SSSR count). The van der Waals surface area contributed by atoms with Crippen LogP contribution in [0.3, 0.4) is 0 Å². The van der Waals surface area contributed by atoms with Crippen molar-refractivity contribution in [1.29, 1.82) is 0 Å². The van der Waals surface area contributed by atoms with Gasteiger partial charge in [0.2, 0.25) is 5.91 Å². The fourth-order valence-electron chi connectivity index (χ4n) is 2.30. The van der Waals surface area contributed by atoms with E-state index in [0.29, 0.717) is 22.5 Å². The summed E-state index contributed by atoms with van der Waals surface area (Å²) in [5.41, 5.74) is 6.40. The summed E-state index contributed by atoms with van der Waals surface area (Å²) < 4.78 is 0. The van der Waals surface area contributed by atoms with Crippen molar-refractivity contribution in [2.45, 2.75) is 12.8 Å². The molecule has 3 nitrogen and oxygen atoms in total. The van der Waals surface area contributed by atoms with Crippen LogP contribution >= 0.6 is 23.2 Å². The van der Waals surface area contributed by atoms with E-state index in [1.807, 2.05) is 17.0 Å². The maximum absolute atomic E-state index is 12.1. The van der Waals surface area contributed by atoms with Gasteiger partial charge in [-0.1, -0.05) is 35.3 Å². The van der Waals surface area contributed by atoms with Gasteiger partial charge < -0.3 is 10.6 Å². The fraction of sp³-hybridized carbons (Fsp3) is 0.400. The summed E-state index contributed by atoms with van der Waals surface area (Å²) in [6, 6.07) is 5.37. The van der Waals surface area contributed by atoms with Crippen LogP contribution in [0.4, 0.5) is 0 Å². The molecule has 1 amide bonds. The van der Waals surface area contributed by atoms with Crippen LogP contribution in [0, 0.1) is 5.92 Å². The van der Waals surface area contributed by atoms with Crippen LogP contribution in [0.1, 0.15) is 18.4 Å². The fourth-order valence-corrected chi connectivity index (χ4v) is 2.68. The summed E-state index contributed by atoms with van der Waals surface area (Å²) in [6.45, 7) is 2.25. The van der Waals surface area contributed by atoms with E-state index in [-0.39, 0.29) is 5.91 Å². The molecule has 2 N–H and O–H groups in total. The van der Waals surface area contributed by atoms with Crippen LogP contribution in [0.2, 0.25) is 10.0 Å². The van der Waals surface area contributed by atoms with E-state index in [0.717, 1.165) is 31.5 Å². The maximum atomic E-state index is 12.1. The molecule has 1 aromatic rings. The summed E-state index contributed by atoms with van der Waals surface area (Å²) >= 11 is 12.0. The molecule has 1 aromatic carbocycles. The maximum Gasteiger partial charge on any atom is 0.246 e. The highest BCUT2D eigenvalue weighted by atomic mass is 35.5. The monoisotopic (exact) mass is 312 g/mol. The Morgan fingerprint density at radius 2 is 2.05 bits per heavy atom. The zero-order valence-electron chi connectivity index (χ0n) is 11.2. The standard InChI is InChI=1S/C15H18Cl2N2O/c16-13-3-1-2-12(15(13)17)4-5-14(20)19-8-6-11(10-18)7-9-19/h1-5,11H,6-10,18H2/b5-4+. The average Bonchev–Trinajstić information content (AvgIpc) is 2.48. The topological polar surface area (TPSA) is 46.3 Å². The molecular weight excluding hydrogens is 295 g/mol. The van der Waals surface area contributed by atoms with Crippen molar-refractivity contribution in [3.63, 3.8) is 0 Å². The van der Waals surface area contributed by atoms with Crippen molar-refractivity contribution in [3.8, 4) is 0 Å². The van der Waals surface area contributed by atoms with Gasteiger partial charge in [-0.25, -0.2) is 0 Å². The van der Waals surface area contributed by atoms with Crippen molar-refractivity contribution < 1.29 is 4.79 Å². The molecule has 20 heavy (non-hydrogen) atoms. The smallest absolute Gasteiger partial charge is 0.246 e. The van der Waals surface area contributed by atoms with E-state index in [4.69, 9.17) is 28.9 Å². The second-order valence-electron chi connectivity index (χ2n) is 4.98. The number of benzene rings is 1. The van der Waals surface area contributed by atoms with Gasteiger partial charge in [0.05, 0.1) is 10.0 Å². The van der Waals surface area contributed by atoms with Crippen LogP contribution in [0.15, 0.2) is 24.3 Å². The molecular formula is C15H18Cl2N2O. The zero-order valence-corrected chi connectivity index (χ0v) is 12.7. The zero-order chi connectivity index (χ0) is 14.5. The number of halogens is 2. The number of hydrogen-bond acceptors (Lipinski definition) is 2. The molecule has 0 radical (unpaired) electrons. The normalized spacial score (nSPS) is 16.9. The first-order chi connectivity index (χ1) is 9.61. The largest absolute Gasteiger partial charge is 0.339 e.